The molecular formula is C9H10N2OS. The highest BCUT2D eigenvalue weighted by atomic mass is 32.1. The number of aliphatic hydroxyl groups excluding tert-OH is 1. The summed E-state index contributed by atoms with van der Waals surface area (Å²) in [6, 6.07) is 1.94. The van der Waals surface area contributed by atoms with Crippen LogP contribution >= 0.6 is 11.3 Å². The summed E-state index contributed by atoms with van der Waals surface area (Å²) in [5.74, 6) is 0. The molecule has 0 amide bonds. The first-order valence-electron chi connectivity index (χ1n) is 4.02. The van der Waals surface area contributed by atoms with Crippen LogP contribution in [0.3, 0.4) is 0 Å². The lowest BCUT2D eigenvalue weighted by Gasteiger charge is -2.08. The van der Waals surface area contributed by atoms with Crippen LogP contribution in [0.5, 0.6) is 0 Å². The molecule has 4 heteroatoms. The van der Waals surface area contributed by atoms with E-state index in [1.165, 1.54) is 0 Å². The maximum Gasteiger partial charge on any atom is 0.0977 e. The van der Waals surface area contributed by atoms with Crippen LogP contribution in [0.25, 0.3) is 0 Å². The molecule has 0 fully saturated rings. The van der Waals surface area contributed by atoms with Gasteiger partial charge in [0, 0.05) is 12.4 Å². The van der Waals surface area contributed by atoms with E-state index in [0.717, 1.165) is 5.56 Å². The van der Waals surface area contributed by atoms with Gasteiger partial charge in [-0.05, 0) is 22.4 Å². The predicted octanol–water partition coefficient (Wildman–Crippen LogP) is 1.68. The van der Waals surface area contributed by atoms with Gasteiger partial charge in [-0.25, -0.2) is 4.98 Å². The summed E-state index contributed by atoms with van der Waals surface area (Å²) in [7, 11) is 0. The molecule has 0 radical (unpaired) electrons. The van der Waals surface area contributed by atoms with Crippen molar-refractivity contribution >= 4 is 11.3 Å². The van der Waals surface area contributed by atoms with E-state index in [-0.39, 0.29) is 0 Å². The van der Waals surface area contributed by atoms with Gasteiger partial charge >= 0.3 is 0 Å². The Bertz CT molecular complexity index is 342. The lowest BCUT2D eigenvalue weighted by Crippen LogP contribution is -2.05. The van der Waals surface area contributed by atoms with Crippen molar-refractivity contribution in [3.63, 3.8) is 0 Å². The molecule has 0 aliphatic heterocycles. The molecule has 0 spiro atoms. The third-order valence-electron chi connectivity index (χ3n) is 1.87. The zero-order valence-corrected chi connectivity index (χ0v) is 7.81. The van der Waals surface area contributed by atoms with Crippen molar-refractivity contribution in [2.45, 2.75) is 12.6 Å². The Hall–Kier alpha value is -1.13. The van der Waals surface area contributed by atoms with Gasteiger partial charge in [0.15, 0.2) is 0 Å². The largest absolute Gasteiger partial charge is 0.387 e. The lowest BCUT2D eigenvalue weighted by atomic mass is 10.2. The molecule has 0 aromatic carbocycles. The Labute approximate surface area is 80.3 Å². The number of aromatic nitrogens is 2. The molecule has 0 saturated carbocycles. The molecule has 0 aliphatic rings. The molecule has 0 bridgehead atoms. The summed E-state index contributed by atoms with van der Waals surface area (Å²) in [6.45, 7) is 0.566. The fourth-order valence-electron chi connectivity index (χ4n) is 1.16. The van der Waals surface area contributed by atoms with Crippen molar-refractivity contribution in [2.24, 2.45) is 0 Å². The lowest BCUT2D eigenvalue weighted by molar-refractivity contribution is 0.157. The molecule has 1 atom stereocenters. The fraction of sp³-hybridized carbons (Fsp3) is 0.222. The quantitative estimate of drug-likeness (QED) is 0.807. The van der Waals surface area contributed by atoms with Gasteiger partial charge in [-0.1, -0.05) is 0 Å². The van der Waals surface area contributed by atoms with Gasteiger partial charge in [0.2, 0.25) is 0 Å². The van der Waals surface area contributed by atoms with Crippen LogP contribution in [0.4, 0.5) is 0 Å². The molecule has 2 aromatic heterocycles. The topological polar surface area (TPSA) is 38.0 Å². The first-order chi connectivity index (χ1) is 6.36. The van der Waals surface area contributed by atoms with E-state index in [1.807, 2.05) is 27.6 Å². The number of aliphatic hydroxyl groups is 1. The minimum absolute atomic E-state index is 0.430. The molecule has 3 nitrogen and oxygen atoms in total. The molecule has 2 heterocycles. The Morgan fingerprint density at radius 3 is 3.15 bits per heavy atom. The van der Waals surface area contributed by atoms with E-state index in [9.17, 15) is 5.11 Å². The Kier molecular flexibility index (Phi) is 2.42. The zero-order valence-electron chi connectivity index (χ0n) is 7.00. The van der Waals surface area contributed by atoms with Gasteiger partial charge in [-0.2, -0.15) is 11.3 Å². The van der Waals surface area contributed by atoms with Gasteiger partial charge in [-0.15, -0.1) is 0 Å². The van der Waals surface area contributed by atoms with Crippen LogP contribution < -0.4 is 0 Å². The maximum absolute atomic E-state index is 9.74. The third-order valence-corrected chi connectivity index (χ3v) is 2.57. The summed E-state index contributed by atoms with van der Waals surface area (Å²) in [5.41, 5.74) is 0.971. The van der Waals surface area contributed by atoms with Crippen molar-refractivity contribution in [3.8, 4) is 0 Å². The molecule has 1 N–H and O–H groups in total. The van der Waals surface area contributed by atoms with Crippen LogP contribution in [0.2, 0.25) is 0 Å². The first-order valence-corrected chi connectivity index (χ1v) is 4.96. The van der Waals surface area contributed by atoms with Crippen LogP contribution in [-0.4, -0.2) is 14.7 Å². The fourth-order valence-corrected chi connectivity index (χ4v) is 1.87. The summed E-state index contributed by atoms with van der Waals surface area (Å²) >= 11 is 1.60. The third kappa shape index (κ3) is 1.96. The van der Waals surface area contributed by atoms with E-state index >= 15 is 0 Å². The van der Waals surface area contributed by atoms with Crippen molar-refractivity contribution in [2.75, 3.05) is 0 Å². The highest BCUT2D eigenvalue weighted by Gasteiger charge is 2.07. The van der Waals surface area contributed by atoms with E-state index < -0.39 is 6.10 Å². The van der Waals surface area contributed by atoms with E-state index in [4.69, 9.17) is 0 Å². The second kappa shape index (κ2) is 3.72. The van der Waals surface area contributed by atoms with Gasteiger partial charge < -0.3 is 9.67 Å². The minimum atomic E-state index is -0.430. The molecule has 0 aliphatic carbocycles. The highest BCUT2D eigenvalue weighted by molar-refractivity contribution is 7.07. The number of imidazole rings is 1. The summed E-state index contributed by atoms with van der Waals surface area (Å²) in [5, 5.41) is 13.7. The number of rotatable bonds is 3. The van der Waals surface area contributed by atoms with Crippen LogP contribution in [0.1, 0.15) is 11.7 Å². The molecule has 0 saturated heterocycles. The Balaban J connectivity index is 2.04. The van der Waals surface area contributed by atoms with Crippen molar-refractivity contribution in [1.82, 2.24) is 9.55 Å². The van der Waals surface area contributed by atoms with Crippen LogP contribution in [0, 0.1) is 0 Å². The maximum atomic E-state index is 9.74. The molecule has 13 heavy (non-hydrogen) atoms. The minimum Gasteiger partial charge on any atom is -0.387 e. The standard InChI is InChI=1S/C9H10N2OS/c12-9(8-1-4-13-6-8)5-11-3-2-10-7-11/h1-4,6-7,9,12H,5H2. The Morgan fingerprint density at radius 2 is 2.54 bits per heavy atom. The van der Waals surface area contributed by atoms with Gasteiger partial charge in [0.25, 0.3) is 0 Å². The van der Waals surface area contributed by atoms with Crippen molar-refractivity contribution in [3.05, 3.63) is 41.1 Å². The van der Waals surface area contributed by atoms with Crippen LogP contribution in [-0.2, 0) is 6.54 Å². The summed E-state index contributed by atoms with van der Waals surface area (Å²) in [6.07, 6.45) is 4.83. The number of hydrogen-bond donors (Lipinski definition) is 1. The van der Waals surface area contributed by atoms with Gasteiger partial charge in [0.05, 0.1) is 19.0 Å². The molecule has 2 rings (SSSR count). The van der Waals surface area contributed by atoms with Gasteiger partial charge in [-0.3, -0.25) is 0 Å². The van der Waals surface area contributed by atoms with E-state index in [0.29, 0.717) is 6.54 Å². The Morgan fingerprint density at radius 1 is 1.62 bits per heavy atom. The smallest absolute Gasteiger partial charge is 0.0977 e. The molecular weight excluding hydrogens is 184 g/mol. The van der Waals surface area contributed by atoms with Gasteiger partial charge in [0.1, 0.15) is 0 Å². The first kappa shape index (κ1) is 8.47. The molecule has 1 unspecified atom stereocenters. The van der Waals surface area contributed by atoms with Crippen molar-refractivity contribution in [1.29, 1.82) is 0 Å². The average Bonchev–Trinajstić information content (AvgIpc) is 2.74. The number of hydrogen-bond acceptors (Lipinski definition) is 3. The second-order valence-corrected chi connectivity index (χ2v) is 3.61. The number of thiophene rings is 1. The summed E-state index contributed by atoms with van der Waals surface area (Å²) < 4.78 is 1.86. The predicted molar refractivity (Wildman–Crippen MR) is 51.5 cm³/mol. The zero-order chi connectivity index (χ0) is 9.10. The van der Waals surface area contributed by atoms with Crippen molar-refractivity contribution < 1.29 is 5.11 Å². The molecule has 2 aromatic rings. The van der Waals surface area contributed by atoms with E-state index in [1.54, 1.807) is 23.9 Å². The highest BCUT2D eigenvalue weighted by Crippen LogP contribution is 2.17. The van der Waals surface area contributed by atoms with E-state index in [2.05, 4.69) is 4.98 Å². The SMILES string of the molecule is OC(Cn1ccnc1)c1ccsc1. The number of nitrogens with zero attached hydrogens (tertiary/aromatic N) is 2. The normalized spacial score (nSPS) is 13.0. The second-order valence-electron chi connectivity index (χ2n) is 2.83. The molecule has 68 valence electrons. The summed E-state index contributed by atoms with van der Waals surface area (Å²) in [4.78, 5) is 3.91. The monoisotopic (exact) mass is 194 g/mol. The average molecular weight is 194 g/mol. The van der Waals surface area contributed by atoms with Crippen LogP contribution in [0.15, 0.2) is 35.5 Å².